The van der Waals surface area contributed by atoms with Crippen molar-refractivity contribution >= 4 is 30.9 Å². The summed E-state index contributed by atoms with van der Waals surface area (Å²) in [5.41, 5.74) is 1.24. The second kappa shape index (κ2) is 12.8. The van der Waals surface area contributed by atoms with Crippen molar-refractivity contribution in [3.05, 3.63) is 11.6 Å². The Balaban J connectivity index is 2.67. The number of carbonyl (C=O) groups is 1. The van der Waals surface area contributed by atoms with Gasteiger partial charge in [0.05, 0.1) is 25.2 Å². The van der Waals surface area contributed by atoms with E-state index in [0.717, 1.165) is 18.1 Å². The molecule has 2 aliphatic carbocycles. The fraction of sp³-hybridized carbons (Fsp3) is 0.906. The number of carbonyl (C=O) groups excluding carboxylic acids is 1. The van der Waals surface area contributed by atoms with Crippen LogP contribution in [0.2, 0.25) is 54.4 Å². The zero-order chi connectivity index (χ0) is 31.1. The molecule has 0 N–H and O–H groups in total. The molecule has 0 heterocycles. The molecule has 0 aromatic rings. The van der Waals surface area contributed by atoms with Gasteiger partial charge in [-0.1, -0.05) is 80.9 Å². The van der Waals surface area contributed by atoms with Crippen molar-refractivity contribution in [3.63, 3.8) is 0 Å². The first kappa shape index (κ1) is 35.9. The molecular weight excluding hydrogens is 549 g/mol. The molecule has 0 saturated heterocycles. The molecule has 0 amide bonds. The van der Waals surface area contributed by atoms with Crippen molar-refractivity contribution in [1.82, 2.24) is 0 Å². The maximum Gasteiger partial charge on any atom is 0.309 e. The highest BCUT2D eigenvalue weighted by Gasteiger charge is 2.60. The van der Waals surface area contributed by atoms with Crippen molar-refractivity contribution in [2.24, 2.45) is 29.6 Å². The van der Waals surface area contributed by atoms with Gasteiger partial charge in [0.25, 0.3) is 0 Å². The summed E-state index contributed by atoms with van der Waals surface area (Å²) < 4.78 is 27.0. The number of esters is 1. The highest BCUT2D eigenvalue weighted by molar-refractivity contribution is 6.74. The van der Waals surface area contributed by atoms with Crippen LogP contribution in [0.3, 0.4) is 0 Å². The predicted octanol–water partition coefficient (Wildman–Crippen LogP) is 9.04. The van der Waals surface area contributed by atoms with Crippen molar-refractivity contribution in [2.75, 3.05) is 13.7 Å². The third kappa shape index (κ3) is 7.09. The van der Waals surface area contributed by atoms with Crippen LogP contribution in [-0.4, -0.2) is 56.8 Å². The first-order valence-electron chi connectivity index (χ1n) is 15.9. The average Bonchev–Trinajstić information content (AvgIpc) is 3.08. The largest absolute Gasteiger partial charge is 0.469 e. The van der Waals surface area contributed by atoms with Gasteiger partial charge in [-0.15, -0.1) is 0 Å². The fourth-order valence-corrected chi connectivity index (χ4v) is 11.7. The monoisotopic (exact) mass is 612 g/mol. The number of hydrogen-bond donors (Lipinski definition) is 0. The fourth-order valence-electron chi connectivity index (χ4n) is 6.34. The lowest BCUT2D eigenvalue weighted by molar-refractivity contribution is -0.152. The van der Waals surface area contributed by atoms with E-state index in [0.29, 0.717) is 6.61 Å². The second-order valence-electron chi connectivity index (χ2n) is 15.8. The van der Waals surface area contributed by atoms with E-state index < -0.39 is 25.0 Å². The van der Waals surface area contributed by atoms with Crippen LogP contribution in [0, 0.1) is 29.6 Å². The molecule has 0 bridgehead atoms. The Hall–Kier alpha value is -0.259. The SMILES string of the molecule is CC[Si](CC)(CC)O[C@H]1[C@H](C)[C@H](O[Si](C)(C)C(C)(C)C)[C@H]2[C@H]1C=C(C)[C@H](CO[Si](C)(C)C(C)(C)C)[C@@H]2C(=O)OC. The van der Waals surface area contributed by atoms with Gasteiger partial charge in [-0.25, -0.2) is 0 Å². The smallest absolute Gasteiger partial charge is 0.309 e. The van der Waals surface area contributed by atoms with E-state index in [1.54, 1.807) is 0 Å². The van der Waals surface area contributed by atoms with E-state index in [9.17, 15) is 4.79 Å². The topological polar surface area (TPSA) is 54.0 Å². The van der Waals surface area contributed by atoms with Gasteiger partial charge >= 0.3 is 5.97 Å². The summed E-state index contributed by atoms with van der Waals surface area (Å²) >= 11 is 0. The van der Waals surface area contributed by atoms with Crippen molar-refractivity contribution in [2.45, 2.75) is 143 Å². The van der Waals surface area contributed by atoms with Crippen LogP contribution in [0.15, 0.2) is 11.6 Å². The quantitative estimate of drug-likeness (QED) is 0.132. The minimum absolute atomic E-state index is 0.00978. The number of fused-ring (bicyclic) bond motifs is 1. The summed E-state index contributed by atoms with van der Waals surface area (Å²) in [7, 11) is -4.49. The van der Waals surface area contributed by atoms with Crippen molar-refractivity contribution < 1.29 is 22.8 Å². The minimum Gasteiger partial charge on any atom is -0.469 e. The Morgan fingerprint density at radius 2 is 1.35 bits per heavy atom. The highest BCUT2D eigenvalue weighted by Crippen LogP contribution is 2.55. The van der Waals surface area contributed by atoms with Crippen LogP contribution < -0.4 is 0 Å². The third-order valence-corrected chi connectivity index (χ3v) is 25.2. The Morgan fingerprint density at radius 3 is 1.77 bits per heavy atom. The lowest BCUT2D eigenvalue weighted by atomic mass is 9.68. The van der Waals surface area contributed by atoms with Gasteiger partial charge in [0, 0.05) is 30.3 Å². The normalized spacial score (nSPS) is 30.2. The number of ether oxygens (including phenoxy) is 1. The molecule has 5 nitrogen and oxygen atoms in total. The van der Waals surface area contributed by atoms with Gasteiger partial charge in [-0.2, -0.15) is 0 Å². The number of hydrogen-bond acceptors (Lipinski definition) is 5. The molecule has 7 atom stereocenters. The molecule has 2 rings (SSSR count). The Morgan fingerprint density at radius 1 is 0.850 bits per heavy atom. The summed E-state index contributed by atoms with van der Waals surface area (Å²) in [6.45, 7) is 34.9. The zero-order valence-electron chi connectivity index (χ0n) is 29.0. The lowest BCUT2D eigenvalue weighted by Gasteiger charge is -2.45. The standard InChI is InChI=1S/C32H64O5Si3/c1-17-40(18-2,19-3)37-28-23(5)29(36-39(15,16)32(9,10)11)26-24(28)20-22(4)25(27(26)30(33)34-12)21-35-38(13,14)31(6,7)8/h20,23-29H,17-19,21H2,1-16H3/t23-,24+,25-,26-,27-,28-,29-/m0/s1. The van der Waals surface area contributed by atoms with Crippen molar-refractivity contribution in [1.29, 1.82) is 0 Å². The molecule has 1 saturated carbocycles. The third-order valence-electron chi connectivity index (χ3n) is 11.6. The van der Waals surface area contributed by atoms with Crippen LogP contribution in [0.4, 0.5) is 0 Å². The molecule has 234 valence electrons. The predicted molar refractivity (Wildman–Crippen MR) is 176 cm³/mol. The van der Waals surface area contributed by atoms with Gasteiger partial charge < -0.3 is 18.0 Å². The van der Waals surface area contributed by atoms with Crippen molar-refractivity contribution in [3.8, 4) is 0 Å². The minimum atomic E-state index is -2.13. The average molecular weight is 613 g/mol. The molecule has 0 spiro atoms. The highest BCUT2D eigenvalue weighted by atomic mass is 28.4. The van der Waals surface area contributed by atoms with Crippen LogP contribution in [-0.2, 0) is 22.8 Å². The molecule has 8 heteroatoms. The Bertz CT molecular complexity index is 889. The number of methoxy groups -OCH3 is 1. The second-order valence-corrected chi connectivity index (χ2v) is 30.1. The molecule has 40 heavy (non-hydrogen) atoms. The molecule has 0 aromatic carbocycles. The first-order chi connectivity index (χ1) is 18.1. The van der Waals surface area contributed by atoms with Gasteiger partial charge in [-0.3, -0.25) is 4.79 Å². The molecule has 0 aliphatic heterocycles. The lowest BCUT2D eigenvalue weighted by Crippen LogP contribution is -2.51. The summed E-state index contributed by atoms with van der Waals surface area (Å²) in [6, 6.07) is 3.33. The van der Waals surface area contributed by atoms with E-state index in [1.165, 1.54) is 12.7 Å². The first-order valence-corrected chi connectivity index (χ1v) is 24.2. The number of rotatable bonds is 11. The van der Waals surface area contributed by atoms with Gasteiger partial charge in [0.2, 0.25) is 0 Å². The molecule has 0 aromatic heterocycles. The van der Waals surface area contributed by atoms with Crippen LogP contribution >= 0.6 is 0 Å². The molecule has 0 radical (unpaired) electrons. The summed E-state index contributed by atoms with van der Waals surface area (Å²) in [6.07, 6.45) is 2.44. The Labute approximate surface area is 250 Å². The molecule has 2 aliphatic rings. The molecule has 0 unspecified atom stereocenters. The van der Waals surface area contributed by atoms with E-state index in [-0.39, 0.29) is 57.8 Å². The Kier molecular flexibility index (Phi) is 11.5. The summed E-state index contributed by atoms with van der Waals surface area (Å²) in [5, 5.41) is 0.174. The van der Waals surface area contributed by atoms with E-state index in [2.05, 4.69) is 108 Å². The van der Waals surface area contributed by atoms with E-state index in [1.807, 2.05) is 0 Å². The molecule has 1 fully saturated rings. The van der Waals surface area contributed by atoms with Gasteiger partial charge in [-0.05, 0) is 61.3 Å². The molecular formula is C32H64O5Si3. The van der Waals surface area contributed by atoms with Gasteiger partial charge in [0.15, 0.2) is 25.0 Å². The van der Waals surface area contributed by atoms with E-state index in [4.69, 9.17) is 18.0 Å². The maximum atomic E-state index is 13.8. The summed E-state index contributed by atoms with van der Waals surface area (Å²) in [4.78, 5) is 13.8. The van der Waals surface area contributed by atoms with E-state index >= 15 is 0 Å². The van der Waals surface area contributed by atoms with Crippen LogP contribution in [0.1, 0.15) is 76.2 Å². The maximum absolute atomic E-state index is 13.8. The van der Waals surface area contributed by atoms with Crippen LogP contribution in [0.25, 0.3) is 0 Å². The summed E-state index contributed by atoms with van der Waals surface area (Å²) in [5.74, 6) is -0.128. The van der Waals surface area contributed by atoms with Gasteiger partial charge in [0.1, 0.15) is 0 Å². The van der Waals surface area contributed by atoms with Crippen LogP contribution in [0.5, 0.6) is 0 Å². The zero-order valence-corrected chi connectivity index (χ0v) is 32.0.